The number of carbonyl (C=O) groups is 2. The zero-order valence-corrected chi connectivity index (χ0v) is 12.6. The van der Waals surface area contributed by atoms with Crippen LogP contribution in [0.1, 0.15) is 46.0 Å². The normalized spacial score (nSPS) is 15.6. The van der Waals surface area contributed by atoms with E-state index in [0.717, 1.165) is 12.8 Å². The average Bonchev–Trinajstić information content (AvgIpc) is 3.06. The number of hydrogen-bond acceptors (Lipinski definition) is 3. The predicted octanol–water partition coefficient (Wildman–Crippen LogP) is 0.957. The largest absolute Gasteiger partial charge is 0.355 e. The van der Waals surface area contributed by atoms with Crippen LogP contribution >= 0.6 is 12.4 Å². The Kier molecular flexibility index (Phi) is 8.76. The molecule has 1 aliphatic carbocycles. The van der Waals surface area contributed by atoms with Gasteiger partial charge in [-0.2, -0.15) is 0 Å². The summed E-state index contributed by atoms with van der Waals surface area (Å²) in [4.78, 5) is 22.9. The number of amides is 2. The van der Waals surface area contributed by atoms with Crippen molar-refractivity contribution in [3.8, 4) is 0 Å². The maximum Gasteiger partial charge on any atom is 0.236 e. The van der Waals surface area contributed by atoms with Crippen molar-refractivity contribution in [1.29, 1.82) is 0 Å². The summed E-state index contributed by atoms with van der Waals surface area (Å²) in [5.74, 6) is 0.375. The Morgan fingerprint density at radius 2 is 1.95 bits per heavy atom. The van der Waals surface area contributed by atoms with Gasteiger partial charge in [0.2, 0.25) is 11.8 Å². The van der Waals surface area contributed by atoms with Crippen molar-refractivity contribution in [3.05, 3.63) is 0 Å². The summed E-state index contributed by atoms with van der Waals surface area (Å²) in [6, 6.07) is -0.0307. The first-order valence-corrected chi connectivity index (χ1v) is 6.81. The van der Waals surface area contributed by atoms with Gasteiger partial charge < -0.3 is 16.4 Å². The van der Waals surface area contributed by atoms with E-state index in [1.165, 1.54) is 0 Å². The maximum absolute atomic E-state index is 11.6. The van der Waals surface area contributed by atoms with Crippen molar-refractivity contribution in [2.75, 3.05) is 6.54 Å². The lowest BCUT2D eigenvalue weighted by molar-refractivity contribution is -0.123. The van der Waals surface area contributed by atoms with Crippen molar-refractivity contribution in [2.45, 2.75) is 58.0 Å². The van der Waals surface area contributed by atoms with Crippen LogP contribution < -0.4 is 16.4 Å². The first-order chi connectivity index (χ1) is 8.49. The van der Waals surface area contributed by atoms with E-state index >= 15 is 0 Å². The highest BCUT2D eigenvalue weighted by Gasteiger charge is 2.22. The number of rotatable bonds is 8. The highest BCUT2D eigenvalue weighted by atomic mass is 35.5. The molecule has 0 aromatic rings. The van der Waals surface area contributed by atoms with Crippen LogP contribution in [0.4, 0.5) is 0 Å². The molecule has 0 unspecified atom stereocenters. The molecule has 2 amide bonds. The minimum Gasteiger partial charge on any atom is -0.355 e. The molecule has 1 saturated carbocycles. The van der Waals surface area contributed by atoms with Gasteiger partial charge in [-0.05, 0) is 31.6 Å². The molecule has 0 saturated heterocycles. The number of nitrogens with two attached hydrogens (primary N) is 1. The summed E-state index contributed by atoms with van der Waals surface area (Å²) in [7, 11) is 0. The molecule has 0 aromatic carbocycles. The fourth-order valence-corrected chi connectivity index (χ4v) is 1.73. The Morgan fingerprint density at radius 3 is 2.47 bits per heavy atom. The highest BCUT2D eigenvalue weighted by Crippen LogP contribution is 2.18. The molecule has 0 aromatic heterocycles. The molecule has 1 rings (SSSR count). The standard InChI is InChI=1S/C13H25N3O2.ClH/c1-9(2)8-11(14)13(18)15-7-3-4-12(17)16-10-5-6-10;/h9-11H,3-8,14H2,1-2H3,(H,15,18)(H,16,17);1H/t11-;/m0./s1. The summed E-state index contributed by atoms with van der Waals surface area (Å²) < 4.78 is 0. The molecule has 0 spiro atoms. The third-order valence-electron chi connectivity index (χ3n) is 2.88. The molecule has 112 valence electrons. The van der Waals surface area contributed by atoms with Crippen LogP contribution in [0.15, 0.2) is 0 Å². The van der Waals surface area contributed by atoms with Crippen LogP contribution in [0.25, 0.3) is 0 Å². The lowest BCUT2D eigenvalue weighted by Crippen LogP contribution is -2.41. The maximum atomic E-state index is 11.6. The molecule has 4 N–H and O–H groups in total. The number of carbonyl (C=O) groups excluding carboxylic acids is 2. The zero-order valence-electron chi connectivity index (χ0n) is 11.8. The summed E-state index contributed by atoms with van der Waals surface area (Å²) in [5.41, 5.74) is 5.74. The molecule has 19 heavy (non-hydrogen) atoms. The van der Waals surface area contributed by atoms with Gasteiger partial charge in [0.1, 0.15) is 0 Å². The van der Waals surface area contributed by atoms with Gasteiger partial charge in [0, 0.05) is 19.0 Å². The molecule has 0 radical (unpaired) electrons. The van der Waals surface area contributed by atoms with Crippen LogP contribution in [0.5, 0.6) is 0 Å². The van der Waals surface area contributed by atoms with E-state index < -0.39 is 6.04 Å². The molecule has 1 aliphatic rings. The second-order valence-electron chi connectivity index (χ2n) is 5.47. The van der Waals surface area contributed by atoms with Gasteiger partial charge in [-0.1, -0.05) is 13.8 Å². The Balaban J connectivity index is 0.00000324. The van der Waals surface area contributed by atoms with E-state index in [1.54, 1.807) is 0 Å². The Hall–Kier alpha value is -0.810. The molecular weight excluding hydrogens is 266 g/mol. The SMILES string of the molecule is CC(C)C[C@H](N)C(=O)NCCCC(=O)NC1CC1.Cl. The minimum absolute atomic E-state index is 0. The van der Waals surface area contributed by atoms with Crippen LogP contribution in [0.3, 0.4) is 0 Å². The molecule has 1 atom stereocenters. The fourth-order valence-electron chi connectivity index (χ4n) is 1.73. The first kappa shape index (κ1) is 18.2. The van der Waals surface area contributed by atoms with Gasteiger partial charge in [-0.25, -0.2) is 0 Å². The van der Waals surface area contributed by atoms with Gasteiger partial charge in [-0.15, -0.1) is 12.4 Å². The predicted molar refractivity (Wildman–Crippen MR) is 78.1 cm³/mol. The molecule has 5 nitrogen and oxygen atoms in total. The van der Waals surface area contributed by atoms with Crippen LogP contribution in [-0.4, -0.2) is 30.4 Å². The highest BCUT2D eigenvalue weighted by molar-refractivity contribution is 5.85. The lowest BCUT2D eigenvalue weighted by atomic mass is 10.0. The van der Waals surface area contributed by atoms with Crippen molar-refractivity contribution < 1.29 is 9.59 Å². The van der Waals surface area contributed by atoms with Crippen LogP contribution in [0, 0.1) is 5.92 Å². The molecule has 0 aliphatic heterocycles. The number of nitrogens with one attached hydrogen (secondary N) is 2. The first-order valence-electron chi connectivity index (χ1n) is 6.81. The van der Waals surface area contributed by atoms with E-state index in [-0.39, 0.29) is 24.2 Å². The second-order valence-corrected chi connectivity index (χ2v) is 5.47. The fraction of sp³-hybridized carbons (Fsp3) is 0.846. The molecule has 6 heteroatoms. The van der Waals surface area contributed by atoms with Gasteiger partial charge in [-0.3, -0.25) is 9.59 Å². The van der Waals surface area contributed by atoms with Crippen LogP contribution in [-0.2, 0) is 9.59 Å². The monoisotopic (exact) mass is 291 g/mol. The minimum atomic E-state index is -0.440. The van der Waals surface area contributed by atoms with E-state index in [2.05, 4.69) is 10.6 Å². The Bertz CT molecular complexity index is 294. The van der Waals surface area contributed by atoms with Gasteiger partial charge in [0.25, 0.3) is 0 Å². The van der Waals surface area contributed by atoms with E-state index in [9.17, 15) is 9.59 Å². The lowest BCUT2D eigenvalue weighted by Gasteiger charge is -2.13. The quantitative estimate of drug-likeness (QED) is 0.582. The van der Waals surface area contributed by atoms with Gasteiger partial charge in [0.15, 0.2) is 0 Å². The van der Waals surface area contributed by atoms with E-state index in [4.69, 9.17) is 5.73 Å². The van der Waals surface area contributed by atoms with Crippen LogP contribution in [0.2, 0.25) is 0 Å². The van der Waals surface area contributed by atoms with Crippen molar-refractivity contribution >= 4 is 24.2 Å². The second kappa shape index (κ2) is 9.15. The molecular formula is C13H26ClN3O2. The number of halogens is 1. The van der Waals surface area contributed by atoms with Gasteiger partial charge >= 0.3 is 0 Å². The van der Waals surface area contributed by atoms with Crippen molar-refractivity contribution in [2.24, 2.45) is 11.7 Å². The molecule has 1 fully saturated rings. The summed E-state index contributed by atoms with van der Waals surface area (Å²) in [6.45, 7) is 4.59. The Labute approximate surface area is 121 Å². The summed E-state index contributed by atoms with van der Waals surface area (Å²) in [6.07, 6.45) is 4.03. The third kappa shape index (κ3) is 8.83. The summed E-state index contributed by atoms with van der Waals surface area (Å²) in [5, 5.41) is 5.68. The molecule has 0 heterocycles. The van der Waals surface area contributed by atoms with Crippen molar-refractivity contribution in [3.63, 3.8) is 0 Å². The topological polar surface area (TPSA) is 84.2 Å². The smallest absolute Gasteiger partial charge is 0.236 e. The van der Waals surface area contributed by atoms with Gasteiger partial charge in [0.05, 0.1) is 6.04 Å². The molecule has 0 bridgehead atoms. The zero-order chi connectivity index (χ0) is 13.5. The third-order valence-corrected chi connectivity index (χ3v) is 2.88. The van der Waals surface area contributed by atoms with Crippen molar-refractivity contribution in [1.82, 2.24) is 10.6 Å². The number of hydrogen-bond donors (Lipinski definition) is 3. The summed E-state index contributed by atoms with van der Waals surface area (Å²) >= 11 is 0. The Morgan fingerprint density at radius 1 is 1.32 bits per heavy atom. The van der Waals surface area contributed by atoms with E-state index in [0.29, 0.717) is 37.8 Å². The van der Waals surface area contributed by atoms with E-state index in [1.807, 2.05) is 13.8 Å². The average molecular weight is 292 g/mol.